The molecule has 1 saturated heterocycles. The molecule has 0 aromatic heterocycles. The van der Waals surface area contributed by atoms with Gasteiger partial charge in [-0.1, -0.05) is 36.4 Å². The van der Waals surface area contributed by atoms with Crippen LogP contribution in [0.3, 0.4) is 0 Å². The van der Waals surface area contributed by atoms with Crippen LogP contribution in [0.5, 0.6) is 5.75 Å². The Balaban J connectivity index is 1.88. The molecule has 0 radical (unpaired) electrons. The second-order valence-corrected chi connectivity index (χ2v) is 9.77. The minimum Gasteiger partial charge on any atom is -0.508 e. The minimum atomic E-state index is -0.784. The molecule has 37 heavy (non-hydrogen) atoms. The zero-order valence-electron chi connectivity index (χ0n) is 21.3. The van der Waals surface area contributed by atoms with E-state index in [1.165, 1.54) is 24.3 Å². The van der Waals surface area contributed by atoms with Crippen LogP contribution in [-0.2, 0) is 0 Å². The van der Waals surface area contributed by atoms with Crippen molar-refractivity contribution < 1.29 is 23.5 Å². The highest BCUT2D eigenvalue weighted by molar-refractivity contribution is 6.02. The molecule has 3 aromatic carbocycles. The number of aromatic hydroxyl groups is 1. The molecule has 7 heteroatoms. The van der Waals surface area contributed by atoms with E-state index in [-0.39, 0.29) is 17.1 Å². The summed E-state index contributed by atoms with van der Waals surface area (Å²) in [5.41, 5.74) is 1.58. The summed E-state index contributed by atoms with van der Waals surface area (Å²) in [7, 11) is 1.82. The van der Waals surface area contributed by atoms with E-state index in [0.29, 0.717) is 48.4 Å². The van der Waals surface area contributed by atoms with Gasteiger partial charge in [-0.05, 0) is 61.9 Å². The van der Waals surface area contributed by atoms with Crippen molar-refractivity contribution in [3.05, 3.63) is 100 Å². The summed E-state index contributed by atoms with van der Waals surface area (Å²) >= 11 is 0. The van der Waals surface area contributed by atoms with Crippen molar-refractivity contribution in [3.8, 4) is 5.75 Å². The summed E-state index contributed by atoms with van der Waals surface area (Å²) < 4.78 is 29.9. The average molecular weight is 507 g/mol. The third-order valence-corrected chi connectivity index (χ3v) is 7.38. The monoisotopic (exact) mass is 506 g/mol. The van der Waals surface area contributed by atoms with Gasteiger partial charge < -0.3 is 15.3 Å². The molecule has 1 fully saturated rings. The van der Waals surface area contributed by atoms with Crippen molar-refractivity contribution in [1.82, 2.24) is 10.2 Å². The maximum atomic E-state index is 15.1. The maximum absolute atomic E-state index is 15.1. The number of nitrogens with one attached hydrogen (secondary N) is 1. The third kappa shape index (κ3) is 5.48. The first-order valence-electron chi connectivity index (χ1n) is 12.5. The van der Waals surface area contributed by atoms with E-state index in [2.05, 4.69) is 5.32 Å². The number of aryl methyl sites for hydroxylation is 1. The van der Waals surface area contributed by atoms with Gasteiger partial charge in [0, 0.05) is 49.5 Å². The number of likely N-dealkylation sites (N-methyl/N-ethyl adjacent to an activating group) is 1. The van der Waals surface area contributed by atoms with Crippen LogP contribution in [0.1, 0.15) is 43.3 Å². The molecule has 3 atom stereocenters. The summed E-state index contributed by atoms with van der Waals surface area (Å²) in [4.78, 5) is 30.0. The van der Waals surface area contributed by atoms with Gasteiger partial charge in [0.2, 0.25) is 0 Å². The van der Waals surface area contributed by atoms with Crippen LogP contribution in [0.2, 0.25) is 0 Å². The lowest BCUT2D eigenvalue weighted by atomic mass is 9.67. The Morgan fingerprint density at radius 2 is 1.65 bits per heavy atom. The van der Waals surface area contributed by atoms with Crippen LogP contribution < -0.4 is 5.32 Å². The quantitative estimate of drug-likeness (QED) is 0.425. The highest BCUT2D eigenvalue weighted by atomic mass is 19.1. The van der Waals surface area contributed by atoms with Crippen molar-refractivity contribution in [2.45, 2.75) is 19.8 Å². The van der Waals surface area contributed by atoms with E-state index < -0.39 is 35.2 Å². The van der Waals surface area contributed by atoms with Gasteiger partial charge in [-0.3, -0.25) is 9.59 Å². The Morgan fingerprint density at radius 1 is 0.973 bits per heavy atom. The highest BCUT2D eigenvalue weighted by Crippen LogP contribution is 2.42. The number of phenolic OH excluding ortho intramolecular Hbond substituents is 1. The Morgan fingerprint density at radius 3 is 2.35 bits per heavy atom. The standard InChI is InChI=1S/C30H32F2N2O3/c1-18-7-4-11-23(28(18)32)30(37)25-17-34(14-13-33-3)16-24(29(36)20-8-5-9-21(35)15-20)27(25)22-10-6-12-26(31)19(22)2/h4-12,15,24-25,27,33,35H,13-14,16-17H2,1-3H3/t24-,25-,27-/m0/s1. The minimum absolute atomic E-state index is 0.0249. The molecule has 0 aliphatic carbocycles. The SMILES string of the molecule is CNCCN1C[C@H](C(=O)c2cccc(O)c2)[C@H](c2cccc(F)c2C)[C@@H](C(=O)c2cccc(C)c2F)C1. The largest absolute Gasteiger partial charge is 0.508 e. The van der Waals surface area contributed by atoms with Gasteiger partial charge in [0.25, 0.3) is 0 Å². The summed E-state index contributed by atoms with van der Waals surface area (Å²) in [6.45, 7) is 5.11. The number of carbonyl (C=O) groups is 2. The van der Waals surface area contributed by atoms with Gasteiger partial charge in [-0.15, -0.1) is 0 Å². The molecule has 1 aliphatic rings. The zero-order valence-corrected chi connectivity index (χ0v) is 21.3. The Bertz CT molecular complexity index is 1310. The smallest absolute Gasteiger partial charge is 0.170 e. The van der Waals surface area contributed by atoms with Crippen molar-refractivity contribution in [2.24, 2.45) is 11.8 Å². The summed E-state index contributed by atoms with van der Waals surface area (Å²) in [5.74, 6) is -3.87. The van der Waals surface area contributed by atoms with Gasteiger partial charge in [0.1, 0.15) is 17.4 Å². The Labute approximate surface area is 216 Å². The molecule has 0 unspecified atom stereocenters. The second kappa shape index (κ2) is 11.3. The van der Waals surface area contributed by atoms with Gasteiger partial charge >= 0.3 is 0 Å². The number of piperidine rings is 1. The lowest BCUT2D eigenvalue weighted by Crippen LogP contribution is -2.51. The predicted octanol–water partition coefficient (Wildman–Crippen LogP) is 4.90. The molecule has 0 bridgehead atoms. The molecule has 0 saturated carbocycles. The summed E-state index contributed by atoms with van der Waals surface area (Å²) in [6, 6.07) is 15.5. The lowest BCUT2D eigenvalue weighted by Gasteiger charge is -2.43. The number of Topliss-reactive ketones (excluding diaryl/α,β-unsaturated/α-hetero) is 2. The number of hydrogen-bond acceptors (Lipinski definition) is 5. The molecule has 0 spiro atoms. The molecule has 5 nitrogen and oxygen atoms in total. The van der Waals surface area contributed by atoms with E-state index in [0.717, 1.165) is 0 Å². The van der Waals surface area contributed by atoms with E-state index in [1.54, 1.807) is 50.2 Å². The predicted molar refractivity (Wildman–Crippen MR) is 139 cm³/mol. The summed E-state index contributed by atoms with van der Waals surface area (Å²) in [5, 5.41) is 13.1. The number of rotatable bonds is 8. The van der Waals surface area contributed by atoms with Crippen LogP contribution in [0.4, 0.5) is 8.78 Å². The average Bonchev–Trinajstić information content (AvgIpc) is 2.89. The van der Waals surface area contributed by atoms with Gasteiger partial charge in [0.05, 0.1) is 5.56 Å². The topological polar surface area (TPSA) is 69.6 Å². The van der Waals surface area contributed by atoms with Crippen LogP contribution in [0.25, 0.3) is 0 Å². The van der Waals surface area contributed by atoms with Crippen molar-refractivity contribution in [3.63, 3.8) is 0 Å². The van der Waals surface area contributed by atoms with E-state index in [1.807, 2.05) is 11.9 Å². The van der Waals surface area contributed by atoms with Crippen molar-refractivity contribution in [2.75, 3.05) is 33.2 Å². The Kier molecular flexibility index (Phi) is 8.15. The fourth-order valence-electron chi connectivity index (χ4n) is 5.41. The fourth-order valence-corrected chi connectivity index (χ4v) is 5.41. The normalized spacial score (nSPS) is 20.1. The second-order valence-electron chi connectivity index (χ2n) is 9.77. The van der Waals surface area contributed by atoms with Crippen LogP contribution >= 0.6 is 0 Å². The van der Waals surface area contributed by atoms with E-state index in [4.69, 9.17) is 0 Å². The molecule has 1 aliphatic heterocycles. The molecule has 3 aromatic rings. The molecule has 1 heterocycles. The number of likely N-dealkylation sites (tertiary alicyclic amines) is 1. The number of benzene rings is 3. The molecule has 0 amide bonds. The number of hydrogen-bond donors (Lipinski definition) is 2. The number of carbonyl (C=O) groups excluding carboxylic acids is 2. The molecule has 4 rings (SSSR count). The first-order chi connectivity index (χ1) is 17.7. The number of ketones is 2. The van der Waals surface area contributed by atoms with E-state index >= 15 is 4.39 Å². The number of halogens is 2. The van der Waals surface area contributed by atoms with E-state index in [9.17, 15) is 19.1 Å². The van der Waals surface area contributed by atoms with Crippen molar-refractivity contribution in [1.29, 1.82) is 0 Å². The van der Waals surface area contributed by atoms with Gasteiger partial charge in [-0.2, -0.15) is 0 Å². The summed E-state index contributed by atoms with van der Waals surface area (Å²) in [6.07, 6.45) is 0. The third-order valence-electron chi connectivity index (χ3n) is 7.38. The molecular formula is C30H32F2N2O3. The van der Waals surface area contributed by atoms with Crippen LogP contribution in [0.15, 0.2) is 60.7 Å². The molecular weight excluding hydrogens is 474 g/mol. The van der Waals surface area contributed by atoms with Gasteiger partial charge in [0.15, 0.2) is 11.6 Å². The fraction of sp³-hybridized carbons (Fsp3) is 0.333. The van der Waals surface area contributed by atoms with Crippen LogP contribution in [0, 0.1) is 37.3 Å². The Hall–Kier alpha value is -3.42. The molecule has 2 N–H and O–H groups in total. The highest BCUT2D eigenvalue weighted by Gasteiger charge is 2.45. The maximum Gasteiger partial charge on any atom is 0.170 e. The van der Waals surface area contributed by atoms with Gasteiger partial charge in [-0.25, -0.2) is 8.78 Å². The molecule has 194 valence electrons. The lowest BCUT2D eigenvalue weighted by molar-refractivity contribution is 0.0572. The van der Waals surface area contributed by atoms with Crippen molar-refractivity contribution >= 4 is 11.6 Å². The van der Waals surface area contributed by atoms with Crippen LogP contribution in [-0.4, -0.2) is 54.8 Å². The number of nitrogens with zero attached hydrogens (tertiary/aromatic N) is 1. The first kappa shape index (κ1) is 26.6. The number of phenols is 1. The zero-order chi connectivity index (χ0) is 26.7. The first-order valence-corrected chi connectivity index (χ1v) is 12.5.